The van der Waals surface area contributed by atoms with Crippen molar-refractivity contribution < 1.29 is 63.1 Å². The molecule has 0 saturated heterocycles. The van der Waals surface area contributed by atoms with E-state index < -0.39 is 75.7 Å². The van der Waals surface area contributed by atoms with Gasteiger partial charge in [-0.05, 0) is 57.8 Å². The number of carbonyl (C=O) groups is 2. The van der Waals surface area contributed by atoms with Crippen molar-refractivity contribution in [3.05, 3.63) is 60.8 Å². The molecule has 6 N–H and O–H groups in total. The summed E-state index contributed by atoms with van der Waals surface area (Å²) in [5, 5.41) is 49.8. The Morgan fingerprint density at radius 1 is 0.627 bits per heavy atom. The molecule has 292 valence electrons. The molecule has 51 heavy (non-hydrogen) atoms. The van der Waals surface area contributed by atoms with Crippen LogP contribution >= 0.6 is 7.82 Å². The zero-order valence-electron chi connectivity index (χ0n) is 30.1. The third-order valence-corrected chi connectivity index (χ3v) is 8.90. The normalized spacial score (nSPS) is 24.6. The van der Waals surface area contributed by atoms with Gasteiger partial charge in [-0.15, -0.1) is 0 Å². The van der Waals surface area contributed by atoms with Crippen molar-refractivity contribution in [1.82, 2.24) is 0 Å². The summed E-state index contributed by atoms with van der Waals surface area (Å²) in [4.78, 5) is 35.3. The second kappa shape index (κ2) is 28.1. The number of aliphatic hydroxyl groups excluding tert-OH is 5. The fraction of sp³-hybridized carbons (Fsp3) is 0.676. The topological polar surface area (TPSA) is 210 Å². The lowest BCUT2D eigenvalue weighted by atomic mass is 9.85. The van der Waals surface area contributed by atoms with Crippen LogP contribution in [-0.4, -0.2) is 98.3 Å². The van der Waals surface area contributed by atoms with E-state index in [-0.39, 0.29) is 12.8 Å². The predicted octanol–water partition coefficient (Wildman–Crippen LogP) is 5.04. The van der Waals surface area contributed by atoms with E-state index in [0.29, 0.717) is 12.8 Å². The second-order valence-electron chi connectivity index (χ2n) is 12.4. The van der Waals surface area contributed by atoms with E-state index in [4.69, 9.17) is 18.5 Å². The highest BCUT2D eigenvalue weighted by atomic mass is 31.2. The highest BCUT2D eigenvalue weighted by Gasteiger charge is 2.51. The van der Waals surface area contributed by atoms with Gasteiger partial charge in [0.1, 0.15) is 43.2 Å². The summed E-state index contributed by atoms with van der Waals surface area (Å²) in [6.45, 7) is 2.92. The molecule has 0 bridgehead atoms. The van der Waals surface area contributed by atoms with E-state index in [1.54, 1.807) is 0 Å². The standard InChI is InChI=1S/C37H61O13P/c1-3-5-7-9-11-13-14-15-16-18-20-22-24-26-31(39)49-29(27-47-30(38)25-23-21-19-17-12-10-8-6-4-2)28-48-51(45,46)50-37-35(43)33(41)32(40)34(42)36(37)44/h5-9,11-14,17,29,32-37,40-44H,3-4,10,15-16,18-28H2,1-2H3,(H,45,46)/b7-5+,8-6+,11-9+,14-13+,17-12+/t29?,32?,33-,34?,35?,36?,37?/m1/s1. The lowest BCUT2D eigenvalue weighted by Crippen LogP contribution is -2.64. The summed E-state index contributed by atoms with van der Waals surface area (Å²) in [7, 11) is -5.12. The molecule has 1 fully saturated rings. The SMILES string of the molecule is CC/C=C/C=C/C=C/CCCCCCCC(=O)OC(COC(=O)CCCC/C=C/C/C=C/CC)COP(=O)(O)OC1C(O)C(O)C(O)[C@@H](O)C1O. The number of hydrogen-bond acceptors (Lipinski definition) is 12. The van der Waals surface area contributed by atoms with Gasteiger partial charge < -0.3 is 39.9 Å². The summed E-state index contributed by atoms with van der Waals surface area (Å²) in [6, 6.07) is 0. The number of phosphoric acid groups is 1. The fourth-order valence-electron chi connectivity index (χ4n) is 4.97. The smallest absolute Gasteiger partial charge is 0.462 e. The van der Waals surface area contributed by atoms with Crippen LogP contribution in [0.3, 0.4) is 0 Å². The second-order valence-corrected chi connectivity index (χ2v) is 13.8. The number of phosphoric ester groups is 1. The van der Waals surface area contributed by atoms with Gasteiger partial charge in [0.15, 0.2) is 6.10 Å². The first-order valence-corrected chi connectivity index (χ1v) is 19.6. The lowest BCUT2D eigenvalue weighted by molar-refractivity contribution is -0.220. The molecule has 1 aliphatic rings. The number of carbonyl (C=O) groups excluding carboxylic acids is 2. The molecule has 0 aliphatic heterocycles. The average molecular weight is 745 g/mol. The predicted molar refractivity (Wildman–Crippen MR) is 193 cm³/mol. The van der Waals surface area contributed by atoms with E-state index >= 15 is 0 Å². The van der Waals surface area contributed by atoms with Gasteiger partial charge in [-0.25, -0.2) is 4.57 Å². The molecular formula is C37H61O13P. The molecule has 7 unspecified atom stereocenters. The van der Waals surface area contributed by atoms with Crippen molar-refractivity contribution >= 4 is 19.8 Å². The van der Waals surface area contributed by atoms with Crippen LogP contribution in [0.2, 0.25) is 0 Å². The van der Waals surface area contributed by atoms with Gasteiger partial charge in [0.25, 0.3) is 0 Å². The van der Waals surface area contributed by atoms with Gasteiger partial charge in [0, 0.05) is 12.8 Å². The Morgan fingerprint density at radius 2 is 1.16 bits per heavy atom. The van der Waals surface area contributed by atoms with Crippen LogP contribution < -0.4 is 0 Å². The fourth-order valence-corrected chi connectivity index (χ4v) is 5.94. The van der Waals surface area contributed by atoms with Crippen molar-refractivity contribution in [3.8, 4) is 0 Å². The maximum absolute atomic E-state index is 12.7. The van der Waals surface area contributed by atoms with Gasteiger partial charge >= 0.3 is 19.8 Å². The molecular weight excluding hydrogens is 683 g/mol. The Balaban J connectivity index is 2.61. The summed E-state index contributed by atoms with van der Waals surface area (Å²) in [5.41, 5.74) is 0. The van der Waals surface area contributed by atoms with Crippen LogP contribution in [0.15, 0.2) is 60.8 Å². The lowest BCUT2D eigenvalue weighted by Gasteiger charge is -2.41. The quantitative estimate of drug-likeness (QED) is 0.0214. The molecule has 0 heterocycles. The third kappa shape index (κ3) is 21.6. The van der Waals surface area contributed by atoms with Crippen molar-refractivity contribution in [2.24, 2.45) is 0 Å². The number of unbranched alkanes of at least 4 members (excludes halogenated alkanes) is 7. The molecule has 0 radical (unpaired) electrons. The van der Waals surface area contributed by atoms with Crippen LogP contribution in [0.25, 0.3) is 0 Å². The summed E-state index contributed by atoms with van der Waals surface area (Å²) in [6.07, 6.45) is 17.6. The van der Waals surface area contributed by atoms with Gasteiger partial charge in [0.05, 0.1) is 6.61 Å². The molecule has 1 aliphatic carbocycles. The van der Waals surface area contributed by atoms with Gasteiger partial charge in [-0.2, -0.15) is 0 Å². The van der Waals surface area contributed by atoms with Crippen LogP contribution in [0, 0.1) is 0 Å². The minimum absolute atomic E-state index is 0.0635. The number of esters is 2. The van der Waals surface area contributed by atoms with Gasteiger partial charge in [-0.3, -0.25) is 18.6 Å². The maximum atomic E-state index is 12.7. The largest absolute Gasteiger partial charge is 0.472 e. The van der Waals surface area contributed by atoms with Gasteiger partial charge in [-0.1, -0.05) is 93.9 Å². The monoisotopic (exact) mass is 744 g/mol. The highest BCUT2D eigenvalue weighted by Crippen LogP contribution is 2.47. The Kier molecular flexibility index (Phi) is 25.7. The summed E-state index contributed by atoms with van der Waals surface area (Å²) in [5.74, 6) is -1.18. The Hall–Kier alpha value is -2.45. The molecule has 1 saturated carbocycles. The molecule has 0 aromatic rings. The Bertz CT molecular complexity index is 1140. The van der Waals surface area contributed by atoms with E-state index in [9.17, 15) is 44.6 Å². The van der Waals surface area contributed by atoms with E-state index in [1.165, 1.54) is 0 Å². The third-order valence-electron chi connectivity index (χ3n) is 7.92. The number of ether oxygens (including phenoxy) is 2. The van der Waals surface area contributed by atoms with Gasteiger partial charge in [0.2, 0.25) is 0 Å². The van der Waals surface area contributed by atoms with E-state index in [1.807, 2.05) is 30.4 Å². The number of allylic oxidation sites excluding steroid dienone is 10. The first-order valence-electron chi connectivity index (χ1n) is 18.1. The Morgan fingerprint density at radius 3 is 1.84 bits per heavy atom. The molecule has 1 rings (SSSR count). The minimum Gasteiger partial charge on any atom is -0.462 e. The summed E-state index contributed by atoms with van der Waals surface area (Å²) >= 11 is 0. The first kappa shape index (κ1) is 46.6. The average Bonchev–Trinajstić information content (AvgIpc) is 3.10. The minimum atomic E-state index is -5.12. The van der Waals surface area contributed by atoms with Crippen LogP contribution in [-0.2, 0) is 32.7 Å². The van der Waals surface area contributed by atoms with Crippen LogP contribution in [0.5, 0.6) is 0 Å². The number of hydrogen-bond donors (Lipinski definition) is 6. The highest BCUT2D eigenvalue weighted by molar-refractivity contribution is 7.47. The molecule has 0 aromatic heterocycles. The molecule has 14 heteroatoms. The van der Waals surface area contributed by atoms with Crippen molar-refractivity contribution in [1.29, 1.82) is 0 Å². The van der Waals surface area contributed by atoms with Crippen LogP contribution in [0.1, 0.15) is 104 Å². The van der Waals surface area contributed by atoms with E-state index in [2.05, 4.69) is 44.2 Å². The molecule has 13 nitrogen and oxygen atoms in total. The first-order chi connectivity index (χ1) is 24.4. The van der Waals surface area contributed by atoms with Crippen molar-refractivity contribution in [2.45, 2.75) is 146 Å². The van der Waals surface area contributed by atoms with Crippen LogP contribution in [0.4, 0.5) is 0 Å². The summed E-state index contributed by atoms with van der Waals surface area (Å²) < 4.78 is 33.2. The molecule has 8 atom stereocenters. The zero-order chi connectivity index (χ0) is 37.9. The zero-order valence-corrected chi connectivity index (χ0v) is 31.0. The number of rotatable bonds is 27. The molecule has 0 aromatic carbocycles. The number of aliphatic hydroxyl groups is 5. The Labute approximate surface area is 303 Å². The maximum Gasteiger partial charge on any atom is 0.472 e. The van der Waals surface area contributed by atoms with E-state index in [0.717, 1.165) is 64.2 Å². The molecule has 0 spiro atoms. The van der Waals surface area contributed by atoms with Crippen molar-refractivity contribution in [2.75, 3.05) is 13.2 Å². The molecule has 0 amide bonds. The van der Waals surface area contributed by atoms with Crippen molar-refractivity contribution in [3.63, 3.8) is 0 Å².